The Morgan fingerprint density at radius 2 is 1.46 bits per heavy atom. The molecule has 146 valence electrons. The smallest absolute Gasteiger partial charge is 0.306 e. The second-order valence-corrected chi connectivity index (χ2v) is 7.35. The van der Waals surface area contributed by atoms with Gasteiger partial charge in [-0.25, -0.2) is 0 Å². The molecule has 5 heteroatoms. The molecule has 0 spiro atoms. The molecule has 1 heterocycles. The van der Waals surface area contributed by atoms with Crippen LogP contribution in [-0.2, 0) is 16.0 Å². The van der Waals surface area contributed by atoms with Gasteiger partial charge in [0.05, 0.1) is 27.2 Å². The molecule has 0 radical (unpaired) electrons. The summed E-state index contributed by atoms with van der Waals surface area (Å²) in [5.74, 6) is 1.49. The predicted molar refractivity (Wildman–Crippen MR) is 113 cm³/mol. The van der Waals surface area contributed by atoms with Gasteiger partial charge in [0.1, 0.15) is 11.5 Å². The highest BCUT2D eigenvalue weighted by atomic mass is 32.1. The van der Waals surface area contributed by atoms with E-state index in [1.165, 1.54) is 4.88 Å². The molecule has 0 bridgehead atoms. The molecule has 1 aromatic heterocycles. The minimum atomic E-state index is -0.159. The summed E-state index contributed by atoms with van der Waals surface area (Å²) >= 11 is 1.71. The lowest BCUT2D eigenvalue weighted by molar-refractivity contribution is -0.143. The van der Waals surface area contributed by atoms with Crippen LogP contribution in [0.25, 0.3) is 21.6 Å². The Morgan fingerprint density at radius 3 is 2.00 bits per heavy atom. The minimum absolute atomic E-state index is 0.159. The molecule has 0 amide bonds. The first-order chi connectivity index (χ1) is 13.6. The molecule has 0 aliphatic carbocycles. The molecule has 0 N–H and O–H groups in total. The minimum Gasteiger partial charge on any atom is -0.497 e. The number of ether oxygens (including phenoxy) is 3. The van der Waals surface area contributed by atoms with Gasteiger partial charge in [-0.15, -0.1) is 11.3 Å². The third kappa shape index (κ3) is 4.73. The van der Waals surface area contributed by atoms with Crippen molar-refractivity contribution in [1.29, 1.82) is 0 Å². The number of thiophene rings is 1. The predicted octanol–water partition coefficient (Wildman–Crippen LogP) is 5.60. The number of esters is 1. The summed E-state index contributed by atoms with van der Waals surface area (Å²) in [6.45, 7) is 2.24. The summed E-state index contributed by atoms with van der Waals surface area (Å²) < 4.78 is 15.6. The molecular weight excluding hydrogens is 372 g/mol. The van der Waals surface area contributed by atoms with Crippen LogP contribution >= 0.6 is 11.3 Å². The number of carbonyl (C=O) groups is 1. The first-order valence-electron chi connectivity index (χ1n) is 9.21. The van der Waals surface area contributed by atoms with Gasteiger partial charge < -0.3 is 14.2 Å². The monoisotopic (exact) mass is 396 g/mol. The Kier molecular flexibility index (Phi) is 6.71. The topological polar surface area (TPSA) is 44.8 Å². The van der Waals surface area contributed by atoms with Gasteiger partial charge in [-0.3, -0.25) is 4.79 Å². The first-order valence-corrected chi connectivity index (χ1v) is 10.0. The van der Waals surface area contributed by atoms with E-state index in [1.807, 2.05) is 31.2 Å². The first kappa shape index (κ1) is 20.0. The second kappa shape index (κ2) is 9.42. The quantitative estimate of drug-likeness (QED) is 0.465. The summed E-state index contributed by atoms with van der Waals surface area (Å²) in [5.41, 5.74) is 3.39. The van der Waals surface area contributed by atoms with Crippen molar-refractivity contribution < 1.29 is 19.0 Å². The van der Waals surface area contributed by atoms with E-state index in [2.05, 4.69) is 30.3 Å². The van der Waals surface area contributed by atoms with Gasteiger partial charge in [-0.2, -0.15) is 0 Å². The second-order valence-electron chi connectivity index (χ2n) is 6.22. The van der Waals surface area contributed by atoms with E-state index in [0.717, 1.165) is 33.1 Å². The van der Waals surface area contributed by atoms with Crippen molar-refractivity contribution in [1.82, 2.24) is 0 Å². The Balaban J connectivity index is 1.95. The molecule has 0 saturated heterocycles. The number of benzene rings is 2. The van der Waals surface area contributed by atoms with Crippen LogP contribution in [0.1, 0.15) is 18.2 Å². The maximum atomic E-state index is 11.7. The fraction of sp³-hybridized carbons (Fsp3) is 0.261. The van der Waals surface area contributed by atoms with Gasteiger partial charge >= 0.3 is 5.97 Å². The van der Waals surface area contributed by atoms with Gasteiger partial charge in [0.15, 0.2) is 0 Å². The Morgan fingerprint density at radius 1 is 0.893 bits per heavy atom. The molecule has 2 aromatic carbocycles. The molecule has 4 nitrogen and oxygen atoms in total. The highest BCUT2D eigenvalue weighted by Gasteiger charge is 2.14. The average molecular weight is 397 g/mol. The average Bonchev–Trinajstić information content (AvgIpc) is 3.17. The largest absolute Gasteiger partial charge is 0.497 e. The van der Waals surface area contributed by atoms with E-state index in [1.54, 1.807) is 25.6 Å². The molecule has 0 saturated carbocycles. The zero-order chi connectivity index (χ0) is 19.9. The van der Waals surface area contributed by atoms with Crippen molar-refractivity contribution in [3.8, 4) is 33.1 Å². The van der Waals surface area contributed by atoms with Crippen LogP contribution in [0.2, 0.25) is 0 Å². The van der Waals surface area contributed by atoms with Crippen LogP contribution in [0.3, 0.4) is 0 Å². The number of methoxy groups -OCH3 is 2. The molecule has 0 unspecified atom stereocenters. The van der Waals surface area contributed by atoms with E-state index >= 15 is 0 Å². The molecule has 0 aliphatic heterocycles. The number of hydrogen-bond acceptors (Lipinski definition) is 5. The number of aryl methyl sites for hydroxylation is 1. The fourth-order valence-corrected chi connectivity index (χ4v) is 4.15. The van der Waals surface area contributed by atoms with Crippen LogP contribution in [0, 0.1) is 0 Å². The highest BCUT2D eigenvalue weighted by Crippen LogP contribution is 2.40. The number of carbonyl (C=O) groups excluding carboxylic acids is 1. The van der Waals surface area contributed by atoms with Crippen LogP contribution < -0.4 is 9.47 Å². The molecule has 3 rings (SSSR count). The number of hydrogen-bond donors (Lipinski definition) is 0. The number of rotatable bonds is 8. The van der Waals surface area contributed by atoms with E-state index in [4.69, 9.17) is 14.2 Å². The molecular formula is C23H24O4S. The molecule has 28 heavy (non-hydrogen) atoms. The Labute approximate surface area is 169 Å². The van der Waals surface area contributed by atoms with Crippen molar-refractivity contribution in [2.45, 2.75) is 19.8 Å². The lowest BCUT2D eigenvalue weighted by atomic mass is 10.0. The molecule has 0 fully saturated rings. The maximum absolute atomic E-state index is 11.7. The standard InChI is InChI=1S/C23H24O4S/c1-4-27-22(24)14-13-20-15-21(16-5-9-18(25-2)10-6-16)23(28-20)17-7-11-19(26-3)12-8-17/h5-12,15H,4,13-14H2,1-3H3. The lowest BCUT2D eigenvalue weighted by Gasteiger charge is -2.07. The van der Waals surface area contributed by atoms with Crippen molar-refractivity contribution in [3.63, 3.8) is 0 Å². The van der Waals surface area contributed by atoms with Gasteiger partial charge in [-0.1, -0.05) is 12.1 Å². The molecule has 3 aromatic rings. The normalized spacial score (nSPS) is 10.5. The molecule has 0 aliphatic rings. The third-order valence-electron chi connectivity index (χ3n) is 4.42. The summed E-state index contributed by atoms with van der Waals surface area (Å²) in [7, 11) is 3.33. The van der Waals surface area contributed by atoms with Crippen LogP contribution in [0.5, 0.6) is 11.5 Å². The van der Waals surface area contributed by atoms with Gasteiger partial charge in [0, 0.05) is 15.3 Å². The van der Waals surface area contributed by atoms with Crippen LogP contribution in [0.4, 0.5) is 0 Å². The molecule has 0 atom stereocenters. The SMILES string of the molecule is CCOC(=O)CCc1cc(-c2ccc(OC)cc2)c(-c2ccc(OC)cc2)s1. The van der Waals surface area contributed by atoms with Crippen molar-refractivity contribution in [2.24, 2.45) is 0 Å². The fourth-order valence-electron chi connectivity index (χ4n) is 2.97. The van der Waals surface area contributed by atoms with Gasteiger partial charge in [0.25, 0.3) is 0 Å². The van der Waals surface area contributed by atoms with Crippen molar-refractivity contribution in [2.75, 3.05) is 20.8 Å². The zero-order valence-corrected chi connectivity index (χ0v) is 17.2. The van der Waals surface area contributed by atoms with E-state index < -0.39 is 0 Å². The maximum Gasteiger partial charge on any atom is 0.306 e. The third-order valence-corrected chi connectivity index (χ3v) is 5.66. The van der Waals surface area contributed by atoms with E-state index in [0.29, 0.717) is 19.4 Å². The summed E-state index contributed by atoms with van der Waals surface area (Å²) in [6.07, 6.45) is 1.06. The van der Waals surface area contributed by atoms with Gasteiger partial charge in [-0.05, 0) is 66.9 Å². The van der Waals surface area contributed by atoms with E-state index in [9.17, 15) is 4.79 Å². The summed E-state index contributed by atoms with van der Waals surface area (Å²) in [5, 5.41) is 0. The van der Waals surface area contributed by atoms with Crippen LogP contribution in [0.15, 0.2) is 54.6 Å². The summed E-state index contributed by atoms with van der Waals surface area (Å²) in [4.78, 5) is 14.1. The highest BCUT2D eigenvalue weighted by molar-refractivity contribution is 7.16. The van der Waals surface area contributed by atoms with Gasteiger partial charge in [0.2, 0.25) is 0 Å². The van der Waals surface area contributed by atoms with Crippen molar-refractivity contribution in [3.05, 3.63) is 59.5 Å². The lowest BCUT2D eigenvalue weighted by Crippen LogP contribution is -2.04. The zero-order valence-electron chi connectivity index (χ0n) is 16.4. The summed E-state index contributed by atoms with van der Waals surface area (Å²) in [6, 6.07) is 18.3. The van der Waals surface area contributed by atoms with E-state index in [-0.39, 0.29) is 5.97 Å². The van der Waals surface area contributed by atoms with Crippen LogP contribution in [-0.4, -0.2) is 26.8 Å². The van der Waals surface area contributed by atoms with Crippen molar-refractivity contribution >= 4 is 17.3 Å². The Hall–Kier alpha value is -2.79. The Bertz CT molecular complexity index is 846.